The fourth-order valence-corrected chi connectivity index (χ4v) is 2.80. The van der Waals surface area contributed by atoms with Gasteiger partial charge in [0, 0.05) is 10.7 Å². The lowest BCUT2D eigenvalue weighted by molar-refractivity contribution is -0.115. The number of para-hydroxylation sites is 1. The maximum Gasteiger partial charge on any atom is 0.237 e. The van der Waals surface area contributed by atoms with Crippen molar-refractivity contribution in [3.8, 4) is 0 Å². The van der Waals surface area contributed by atoms with Crippen LogP contribution in [0.5, 0.6) is 0 Å². The maximum atomic E-state index is 12.1. The van der Waals surface area contributed by atoms with Crippen LogP contribution >= 0.6 is 35.0 Å². The van der Waals surface area contributed by atoms with E-state index in [9.17, 15) is 9.59 Å². The first-order valence-electron chi connectivity index (χ1n) is 7.18. The standard InChI is InChI=1S/C17H16Cl2N2O2S/c1-11(17(23)21-15-5-3-2-4-14(15)19)24-10-16(22)20-13-8-6-12(18)7-9-13/h2-9,11H,10H2,1H3,(H,20,22)(H,21,23)/t11-/m0/s1. The number of amides is 2. The Morgan fingerprint density at radius 2 is 1.71 bits per heavy atom. The van der Waals surface area contributed by atoms with Crippen LogP contribution in [0.3, 0.4) is 0 Å². The Hall–Kier alpha value is -1.69. The molecule has 126 valence electrons. The molecule has 24 heavy (non-hydrogen) atoms. The van der Waals surface area contributed by atoms with Gasteiger partial charge in [-0.05, 0) is 43.3 Å². The molecule has 0 heterocycles. The number of halogens is 2. The van der Waals surface area contributed by atoms with E-state index < -0.39 is 5.25 Å². The van der Waals surface area contributed by atoms with Gasteiger partial charge in [0.2, 0.25) is 11.8 Å². The number of hydrogen-bond acceptors (Lipinski definition) is 3. The zero-order chi connectivity index (χ0) is 17.5. The average Bonchev–Trinajstić information content (AvgIpc) is 2.56. The molecule has 0 saturated carbocycles. The Kier molecular flexibility index (Phi) is 6.97. The van der Waals surface area contributed by atoms with Crippen molar-refractivity contribution in [3.05, 3.63) is 58.6 Å². The summed E-state index contributed by atoms with van der Waals surface area (Å²) in [5.74, 6) is -0.216. The van der Waals surface area contributed by atoms with Gasteiger partial charge in [-0.2, -0.15) is 0 Å². The number of rotatable bonds is 6. The van der Waals surface area contributed by atoms with Crippen molar-refractivity contribution in [2.75, 3.05) is 16.4 Å². The molecule has 0 aliphatic carbocycles. The molecule has 2 N–H and O–H groups in total. The molecule has 0 radical (unpaired) electrons. The van der Waals surface area contributed by atoms with E-state index in [-0.39, 0.29) is 17.6 Å². The zero-order valence-electron chi connectivity index (χ0n) is 12.9. The van der Waals surface area contributed by atoms with Crippen molar-refractivity contribution in [1.29, 1.82) is 0 Å². The van der Waals surface area contributed by atoms with Crippen LogP contribution in [0, 0.1) is 0 Å². The van der Waals surface area contributed by atoms with Gasteiger partial charge in [-0.15, -0.1) is 11.8 Å². The van der Waals surface area contributed by atoms with E-state index in [1.807, 2.05) is 0 Å². The highest BCUT2D eigenvalue weighted by Crippen LogP contribution is 2.22. The van der Waals surface area contributed by atoms with Crippen LogP contribution in [0.1, 0.15) is 6.92 Å². The highest BCUT2D eigenvalue weighted by Gasteiger charge is 2.16. The molecule has 0 fully saturated rings. The second-order valence-corrected chi connectivity index (χ2v) is 7.15. The van der Waals surface area contributed by atoms with E-state index in [0.717, 1.165) is 0 Å². The van der Waals surface area contributed by atoms with Gasteiger partial charge in [-0.1, -0.05) is 35.3 Å². The predicted octanol–water partition coefficient (Wildman–Crippen LogP) is 4.69. The summed E-state index contributed by atoms with van der Waals surface area (Å²) in [5, 5.41) is 6.19. The van der Waals surface area contributed by atoms with Crippen LogP contribution in [0.25, 0.3) is 0 Å². The zero-order valence-corrected chi connectivity index (χ0v) is 15.2. The number of carbonyl (C=O) groups excluding carboxylic acids is 2. The molecule has 1 atom stereocenters. The van der Waals surface area contributed by atoms with Crippen molar-refractivity contribution in [2.24, 2.45) is 0 Å². The summed E-state index contributed by atoms with van der Waals surface area (Å²) < 4.78 is 0. The first-order chi connectivity index (χ1) is 11.5. The number of thioether (sulfide) groups is 1. The van der Waals surface area contributed by atoms with Gasteiger partial charge in [0.05, 0.1) is 21.7 Å². The molecule has 2 aromatic rings. The van der Waals surface area contributed by atoms with Crippen LogP contribution in [-0.2, 0) is 9.59 Å². The monoisotopic (exact) mass is 382 g/mol. The average molecular weight is 383 g/mol. The molecule has 0 aromatic heterocycles. The Bertz CT molecular complexity index is 723. The Balaban J connectivity index is 1.80. The number of nitrogens with one attached hydrogen (secondary N) is 2. The van der Waals surface area contributed by atoms with Crippen molar-refractivity contribution in [3.63, 3.8) is 0 Å². The minimum atomic E-state index is -0.391. The van der Waals surface area contributed by atoms with Gasteiger partial charge in [0.15, 0.2) is 0 Å². The highest BCUT2D eigenvalue weighted by atomic mass is 35.5. The second-order valence-electron chi connectivity index (χ2n) is 4.98. The van der Waals surface area contributed by atoms with Gasteiger partial charge in [-0.25, -0.2) is 0 Å². The molecule has 0 spiro atoms. The van der Waals surface area contributed by atoms with Crippen molar-refractivity contribution in [1.82, 2.24) is 0 Å². The van der Waals surface area contributed by atoms with Crippen LogP contribution < -0.4 is 10.6 Å². The maximum absolute atomic E-state index is 12.1. The van der Waals surface area contributed by atoms with Gasteiger partial charge < -0.3 is 10.6 Å². The highest BCUT2D eigenvalue weighted by molar-refractivity contribution is 8.01. The first kappa shape index (κ1) is 18.6. The summed E-state index contributed by atoms with van der Waals surface area (Å²) in [6, 6.07) is 13.8. The number of carbonyl (C=O) groups is 2. The van der Waals surface area contributed by atoms with Gasteiger partial charge in [0.25, 0.3) is 0 Å². The molecule has 0 unspecified atom stereocenters. The lowest BCUT2D eigenvalue weighted by Gasteiger charge is -2.13. The van der Waals surface area contributed by atoms with E-state index in [4.69, 9.17) is 23.2 Å². The molecule has 2 aromatic carbocycles. The molecule has 4 nitrogen and oxygen atoms in total. The van der Waals surface area contributed by atoms with Crippen molar-refractivity contribution in [2.45, 2.75) is 12.2 Å². The molecular weight excluding hydrogens is 367 g/mol. The third-order valence-electron chi connectivity index (χ3n) is 3.09. The van der Waals surface area contributed by atoms with Gasteiger partial charge >= 0.3 is 0 Å². The smallest absolute Gasteiger partial charge is 0.237 e. The summed E-state index contributed by atoms with van der Waals surface area (Å²) in [5.41, 5.74) is 1.22. The molecule has 0 aliphatic heterocycles. The molecule has 0 saturated heterocycles. The lowest BCUT2D eigenvalue weighted by atomic mass is 10.3. The predicted molar refractivity (Wildman–Crippen MR) is 102 cm³/mol. The molecule has 2 rings (SSSR count). The third kappa shape index (κ3) is 5.74. The summed E-state index contributed by atoms with van der Waals surface area (Å²) in [6.07, 6.45) is 0. The van der Waals surface area contributed by atoms with Crippen molar-refractivity contribution >= 4 is 58.2 Å². The third-order valence-corrected chi connectivity index (χ3v) is 4.82. The second kappa shape index (κ2) is 8.97. The number of anilines is 2. The fraction of sp³-hybridized carbons (Fsp3) is 0.176. The van der Waals surface area contributed by atoms with Gasteiger partial charge in [0.1, 0.15) is 0 Å². The minimum Gasteiger partial charge on any atom is -0.325 e. The molecule has 0 aliphatic rings. The normalized spacial score (nSPS) is 11.6. The van der Waals surface area contributed by atoms with Crippen LogP contribution in [0.2, 0.25) is 10.0 Å². The Labute approximate surface area is 154 Å². The van der Waals surface area contributed by atoms with Gasteiger partial charge in [-0.3, -0.25) is 9.59 Å². The number of benzene rings is 2. The fourth-order valence-electron chi connectivity index (χ4n) is 1.80. The molecule has 7 heteroatoms. The topological polar surface area (TPSA) is 58.2 Å². The minimum absolute atomic E-state index is 0.166. The van der Waals surface area contributed by atoms with E-state index in [1.165, 1.54) is 11.8 Å². The molecule has 2 amide bonds. The van der Waals surface area contributed by atoms with E-state index in [0.29, 0.717) is 21.4 Å². The quantitative estimate of drug-likeness (QED) is 0.761. The summed E-state index contributed by atoms with van der Waals surface area (Å²) >= 11 is 13.0. The summed E-state index contributed by atoms with van der Waals surface area (Å²) in [6.45, 7) is 1.74. The Morgan fingerprint density at radius 3 is 2.38 bits per heavy atom. The SMILES string of the molecule is C[C@H](SCC(=O)Nc1ccc(Cl)cc1)C(=O)Nc1ccccc1Cl. The lowest BCUT2D eigenvalue weighted by Crippen LogP contribution is -2.25. The first-order valence-corrected chi connectivity index (χ1v) is 8.98. The van der Waals surface area contributed by atoms with E-state index in [1.54, 1.807) is 55.5 Å². The largest absolute Gasteiger partial charge is 0.325 e. The van der Waals surface area contributed by atoms with E-state index in [2.05, 4.69) is 10.6 Å². The van der Waals surface area contributed by atoms with Crippen LogP contribution in [0.4, 0.5) is 11.4 Å². The molecule has 0 bridgehead atoms. The number of hydrogen-bond donors (Lipinski definition) is 2. The van der Waals surface area contributed by atoms with Crippen LogP contribution in [-0.4, -0.2) is 22.8 Å². The van der Waals surface area contributed by atoms with E-state index >= 15 is 0 Å². The summed E-state index contributed by atoms with van der Waals surface area (Å²) in [4.78, 5) is 24.1. The molecular formula is C17H16Cl2N2O2S. The van der Waals surface area contributed by atoms with Crippen LogP contribution in [0.15, 0.2) is 48.5 Å². The Morgan fingerprint density at radius 1 is 1.04 bits per heavy atom. The summed E-state index contributed by atoms with van der Waals surface area (Å²) in [7, 11) is 0. The van der Waals surface area contributed by atoms with Crippen molar-refractivity contribution < 1.29 is 9.59 Å².